The Morgan fingerprint density at radius 1 is 1.32 bits per heavy atom. The molecule has 1 unspecified atom stereocenters. The molecule has 0 N–H and O–H groups in total. The molecule has 0 aromatic heterocycles. The van der Waals surface area contributed by atoms with E-state index in [4.69, 9.17) is 4.74 Å². The number of benzene rings is 1. The minimum absolute atomic E-state index is 0.242. The van der Waals surface area contributed by atoms with E-state index in [1.54, 1.807) is 13.2 Å². The summed E-state index contributed by atoms with van der Waals surface area (Å²) in [6.07, 6.45) is 4.21. The minimum atomic E-state index is 0.242. The second-order valence-electron chi connectivity index (χ2n) is 5.08. The molecule has 3 nitrogen and oxygen atoms in total. The maximum absolute atomic E-state index is 11.3. The van der Waals surface area contributed by atoms with Crippen LogP contribution in [0.2, 0.25) is 0 Å². The van der Waals surface area contributed by atoms with Crippen LogP contribution in [-0.2, 0) is 11.2 Å². The predicted octanol–water partition coefficient (Wildman–Crippen LogP) is 2.80. The number of methoxy groups -OCH3 is 1. The van der Waals surface area contributed by atoms with E-state index in [0.717, 1.165) is 24.3 Å². The number of ketones is 1. The Morgan fingerprint density at radius 3 is 2.68 bits per heavy atom. The molecule has 3 heteroatoms. The van der Waals surface area contributed by atoms with Gasteiger partial charge in [0, 0.05) is 31.3 Å². The fraction of sp³-hybridized carbons (Fsp3) is 0.438. The maximum Gasteiger partial charge on any atom is 0.157 e. The van der Waals surface area contributed by atoms with Gasteiger partial charge in [-0.25, -0.2) is 0 Å². The van der Waals surface area contributed by atoms with Gasteiger partial charge in [0.1, 0.15) is 5.75 Å². The standard InChI is InChI=1S/C16H21NO2/c1-12(17(2)14-8-9-15(18)11-14)10-13-6-4-5-7-16(13)19-3/h4-7,11-12H,8-10H2,1-3H3. The average molecular weight is 259 g/mol. The van der Waals surface area contributed by atoms with Crippen LogP contribution in [0.25, 0.3) is 0 Å². The van der Waals surface area contributed by atoms with Gasteiger partial charge >= 0.3 is 0 Å². The number of para-hydroxylation sites is 1. The molecule has 1 aliphatic carbocycles. The summed E-state index contributed by atoms with van der Waals surface area (Å²) < 4.78 is 5.38. The molecule has 19 heavy (non-hydrogen) atoms. The molecule has 1 atom stereocenters. The molecule has 0 spiro atoms. The lowest BCUT2D eigenvalue weighted by molar-refractivity contribution is -0.114. The van der Waals surface area contributed by atoms with Gasteiger partial charge in [0.05, 0.1) is 7.11 Å². The quantitative estimate of drug-likeness (QED) is 0.814. The molecule has 0 saturated heterocycles. The molecule has 1 aromatic carbocycles. The van der Waals surface area contributed by atoms with Crippen LogP contribution in [0.3, 0.4) is 0 Å². The van der Waals surface area contributed by atoms with E-state index in [1.165, 1.54) is 5.56 Å². The minimum Gasteiger partial charge on any atom is -0.496 e. The number of likely N-dealkylation sites (N-methyl/N-ethyl adjacent to an activating group) is 1. The number of nitrogens with zero attached hydrogens (tertiary/aromatic N) is 1. The summed E-state index contributed by atoms with van der Waals surface area (Å²) in [4.78, 5) is 13.5. The zero-order chi connectivity index (χ0) is 13.8. The summed E-state index contributed by atoms with van der Waals surface area (Å²) in [6, 6.07) is 8.43. The highest BCUT2D eigenvalue weighted by molar-refractivity contribution is 5.92. The SMILES string of the molecule is COc1ccccc1CC(C)N(C)C1=CC(=O)CC1. The zero-order valence-corrected chi connectivity index (χ0v) is 11.8. The largest absolute Gasteiger partial charge is 0.496 e. The van der Waals surface area contributed by atoms with Gasteiger partial charge in [0.15, 0.2) is 5.78 Å². The first-order chi connectivity index (χ1) is 9.11. The first kappa shape index (κ1) is 13.7. The third-order valence-electron chi connectivity index (χ3n) is 3.78. The number of rotatable bonds is 5. The Labute approximate surface area is 114 Å². The van der Waals surface area contributed by atoms with Gasteiger partial charge in [0.25, 0.3) is 0 Å². The van der Waals surface area contributed by atoms with E-state index < -0.39 is 0 Å². The van der Waals surface area contributed by atoms with Crippen molar-refractivity contribution in [2.45, 2.75) is 32.2 Å². The smallest absolute Gasteiger partial charge is 0.157 e. The molecule has 0 bridgehead atoms. The molecule has 1 aromatic rings. The van der Waals surface area contributed by atoms with Crippen molar-refractivity contribution in [1.82, 2.24) is 4.90 Å². The van der Waals surface area contributed by atoms with Gasteiger partial charge in [0.2, 0.25) is 0 Å². The fourth-order valence-electron chi connectivity index (χ4n) is 2.47. The van der Waals surface area contributed by atoms with Crippen molar-refractivity contribution in [1.29, 1.82) is 0 Å². The second-order valence-corrected chi connectivity index (χ2v) is 5.08. The number of carbonyl (C=O) groups is 1. The number of allylic oxidation sites excluding steroid dienone is 2. The Hall–Kier alpha value is -1.77. The molecule has 0 saturated carbocycles. The van der Waals surface area contributed by atoms with Crippen molar-refractivity contribution in [3.05, 3.63) is 41.6 Å². The average Bonchev–Trinajstić information content (AvgIpc) is 2.85. The lowest BCUT2D eigenvalue weighted by Gasteiger charge is -2.28. The van der Waals surface area contributed by atoms with E-state index in [2.05, 4.69) is 24.9 Å². The highest BCUT2D eigenvalue weighted by Gasteiger charge is 2.20. The third kappa shape index (κ3) is 3.16. The Morgan fingerprint density at radius 2 is 2.05 bits per heavy atom. The normalized spacial score (nSPS) is 16.2. The summed E-state index contributed by atoms with van der Waals surface area (Å²) in [5.74, 6) is 1.17. The monoisotopic (exact) mass is 259 g/mol. The lowest BCUT2D eigenvalue weighted by atomic mass is 10.0. The van der Waals surface area contributed by atoms with Crippen LogP contribution in [0.15, 0.2) is 36.0 Å². The molecule has 0 amide bonds. The highest BCUT2D eigenvalue weighted by Crippen LogP contribution is 2.24. The van der Waals surface area contributed by atoms with Crippen LogP contribution in [0.4, 0.5) is 0 Å². The number of carbonyl (C=O) groups excluding carboxylic acids is 1. The van der Waals surface area contributed by atoms with Crippen molar-refractivity contribution in [2.24, 2.45) is 0 Å². The Balaban J connectivity index is 2.06. The first-order valence-electron chi connectivity index (χ1n) is 6.70. The van der Waals surface area contributed by atoms with Crippen molar-refractivity contribution < 1.29 is 9.53 Å². The van der Waals surface area contributed by atoms with Crippen LogP contribution < -0.4 is 4.74 Å². The molecule has 0 heterocycles. The highest BCUT2D eigenvalue weighted by atomic mass is 16.5. The van der Waals surface area contributed by atoms with Gasteiger partial charge in [-0.1, -0.05) is 18.2 Å². The summed E-state index contributed by atoms with van der Waals surface area (Å²) in [5.41, 5.74) is 2.35. The summed E-state index contributed by atoms with van der Waals surface area (Å²) in [5, 5.41) is 0. The Kier molecular flexibility index (Phi) is 4.25. The van der Waals surface area contributed by atoms with E-state index in [1.807, 2.05) is 18.2 Å². The van der Waals surface area contributed by atoms with Crippen molar-refractivity contribution in [3.63, 3.8) is 0 Å². The van der Waals surface area contributed by atoms with Crippen molar-refractivity contribution in [3.8, 4) is 5.75 Å². The molecule has 0 fully saturated rings. The van der Waals surface area contributed by atoms with Gasteiger partial charge < -0.3 is 9.64 Å². The van der Waals surface area contributed by atoms with Crippen LogP contribution >= 0.6 is 0 Å². The zero-order valence-electron chi connectivity index (χ0n) is 11.8. The predicted molar refractivity (Wildman–Crippen MR) is 76.2 cm³/mol. The Bertz CT molecular complexity index is 493. The number of hydrogen-bond donors (Lipinski definition) is 0. The number of hydrogen-bond acceptors (Lipinski definition) is 3. The first-order valence-corrected chi connectivity index (χ1v) is 6.70. The van der Waals surface area contributed by atoms with Gasteiger partial charge in [-0.05, 0) is 31.4 Å². The topological polar surface area (TPSA) is 29.5 Å². The molecule has 2 rings (SSSR count). The lowest BCUT2D eigenvalue weighted by Crippen LogP contribution is -2.29. The van der Waals surface area contributed by atoms with E-state index >= 15 is 0 Å². The van der Waals surface area contributed by atoms with Crippen LogP contribution in [0.5, 0.6) is 5.75 Å². The van der Waals surface area contributed by atoms with E-state index in [-0.39, 0.29) is 5.78 Å². The molecular formula is C16H21NO2. The van der Waals surface area contributed by atoms with Crippen molar-refractivity contribution >= 4 is 5.78 Å². The number of ether oxygens (including phenoxy) is 1. The van der Waals surface area contributed by atoms with Crippen LogP contribution in [-0.4, -0.2) is 30.9 Å². The maximum atomic E-state index is 11.3. The summed E-state index contributed by atoms with van der Waals surface area (Å²) in [6.45, 7) is 2.18. The van der Waals surface area contributed by atoms with E-state index in [9.17, 15) is 4.79 Å². The molecular weight excluding hydrogens is 238 g/mol. The van der Waals surface area contributed by atoms with Crippen LogP contribution in [0.1, 0.15) is 25.3 Å². The second kappa shape index (κ2) is 5.91. The van der Waals surface area contributed by atoms with E-state index in [0.29, 0.717) is 12.5 Å². The molecule has 0 radical (unpaired) electrons. The summed E-state index contributed by atoms with van der Waals surface area (Å²) >= 11 is 0. The third-order valence-corrected chi connectivity index (χ3v) is 3.78. The fourth-order valence-corrected chi connectivity index (χ4v) is 2.47. The molecule has 1 aliphatic rings. The molecule has 102 valence electrons. The van der Waals surface area contributed by atoms with Gasteiger partial charge in [-0.3, -0.25) is 4.79 Å². The molecule has 0 aliphatic heterocycles. The summed E-state index contributed by atoms with van der Waals surface area (Å²) in [7, 11) is 3.76. The van der Waals surface area contributed by atoms with Gasteiger partial charge in [-0.15, -0.1) is 0 Å². The van der Waals surface area contributed by atoms with Crippen molar-refractivity contribution in [2.75, 3.05) is 14.2 Å². The van der Waals surface area contributed by atoms with Gasteiger partial charge in [-0.2, -0.15) is 0 Å². The van der Waals surface area contributed by atoms with Crippen LogP contribution in [0, 0.1) is 0 Å².